The molecule has 0 radical (unpaired) electrons. The molecule has 0 spiro atoms. The fourth-order valence-electron chi connectivity index (χ4n) is 1.57. The van der Waals surface area contributed by atoms with Crippen molar-refractivity contribution in [2.24, 2.45) is 0 Å². The predicted octanol–water partition coefficient (Wildman–Crippen LogP) is 0.916. The number of hydrogen-bond donors (Lipinski definition) is 2. The van der Waals surface area contributed by atoms with E-state index in [1.165, 1.54) is 7.11 Å². The van der Waals surface area contributed by atoms with Crippen molar-refractivity contribution in [3.05, 3.63) is 18.1 Å². The molecule has 0 aliphatic heterocycles. The van der Waals surface area contributed by atoms with Gasteiger partial charge in [-0.25, -0.2) is 9.50 Å². The second-order valence-electron chi connectivity index (χ2n) is 3.50. The number of nitrogen functional groups attached to an aromatic ring is 1. The van der Waals surface area contributed by atoms with Gasteiger partial charge in [0.15, 0.2) is 17.7 Å². The number of nitrogens with two attached hydrogens (primary N) is 1. The van der Waals surface area contributed by atoms with Crippen LogP contribution >= 0.6 is 0 Å². The lowest BCUT2D eigenvalue weighted by atomic mass is 10.1. The Hall–Kier alpha value is -2.03. The highest BCUT2D eigenvalue weighted by atomic mass is 19.4. The van der Waals surface area contributed by atoms with Crippen molar-refractivity contribution >= 4 is 11.3 Å². The maximum absolute atomic E-state index is 12.5. The zero-order chi connectivity index (χ0) is 13.5. The van der Waals surface area contributed by atoms with E-state index < -0.39 is 17.8 Å². The van der Waals surface area contributed by atoms with Crippen LogP contribution in [0.15, 0.2) is 12.5 Å². The van der Waals surface area contributed by atoms with Crippen molar-refractivity contribution in [3.8, 4) is 5.75 Å². The van der Waals surface area contributed by atoms with E-state index in [4.69, 9.17) is 10.5 Å². The number of hydrogen-bond acceptors (Lipinski definition) is 5. The van der Waals surface area contributed by atoms with Gasteiger partial charge in [0.2, 0.25) is 0 Å². The molecular weight excluding hydrogens is 253 g/mol. The van der Waals surface area contributed by atoms with Gasteiger partial charge in [-0.15, -0.1) is 0 Å². The Kier molecular flexibility index (Phi) is 2.77. The molecule has 2 rings (SSSR count). The number of ether oxygens (including phenoxy) is 1. The number of methoxy groups -OCH3 is 1. The smallest absolute Gasteiger partial charge is 0.418 e. The highest BCUT2D eigenvalue weighted by molar-refractivity contribution is 5.72. The SMILES string of the molecule is COc1c(N)ncn2ncc(C(O)C(F)(F)F)c12. The molecule has 1 atom stereocenters. The third-order valence-corrected chi connectivity index (χ3v) is 2.39. The first-order valence-corrected chi connectivity index (χ1v) is 4.76. The summed E-state index contributed by atoms with van der Waals surface area (Å²) < 4.78 is 43.5. The zero-order valence-corrected chi connectivity index (χ0v) is 9.14. The molecule has 3 N–H and O–H groups in total. The molecule has 0 amide bonds. The fraction of sp³-hybridized carbons (Fsp3) is 0.333. The van der Waals surface area contributed by atoms with E-state index in [0.717, 1.165) is 17.0 Å². The average Bonchev–Trinajstić information content (AvgIpc) is 2.70. The molecule has 98 valence electrons. The number of rotatable bonds is 2. The van der Waals surface area contributed by atoms with Crippen LogP contribution in [0.1, 0.15) is 11.7 Å². The molecule has 6 nitrogen and oxygen atoms in total. The van der Waals surface area contributed by atoms with Gasteiger partial charge >= 0.3 is 6.18 Å². The zero-order valence-electron chi connectivity index (χ0n) is 9.14. The monoisotopic (exact) mass is 262 g/mol. The van der Waals surface area contributed by atoms with Gasteiger partial charge < -0.3 is 15.6 Å². The fourth-order valence-corrected chi connectivity index (χ4v) is 1.57. The van der Waals surface area contributed by atoms with E-state index in [1.807, 2.05) is 0 Å². The lowest BCUT2D eigenvalue weighted by Gasteiger charge is -2.14. The van der Waals surface area contributed by atoms with Gasteiger partial charge in [-0.05, 0) is 0 Å². The Labute approximate surface area is 98.8 Å². The molecule has 9 heteroatoms. The van der Waals surface area contributed by atoms with Crippen molar-refractivity contribution in [1.29, 1.82) is 0 Å². The van der Waals surface area contributed by atoms with E-state index in [2.05, 4.69) is 10.1 Å². The topological polar surface area (TPSA) is 85.7 Å². The minimum atomic E-state index is -4.80. The van der Waals surface area contributed by atoms with Gasteiger partial charge in [0.25, 0.3) is 0 Å². The third-order valence-electron chi connectivity index (χ3n) is 2.39. The normalized spacial score (nSPS) is 13.8. The van der Waals surface area contributed by atoms with Crippen LogP contribution in [0.3, 0.4) is 0 Å². The van der Waals surface area contributed by atoms with Crippen LogP contribution in [0.2, 0.25) is 0 Å². The van der Waals surface area contributed by atoms with Gasteiger partial charge in [0.05, 0.1) is 13.3 Å². The minimum Gasteiger partial charge on any atom is -0.491 e. The van der Waals surface area contributed by atoms with Crippen molar-refractivity contribution in [3.63, 3.8) is 0 Å². The second kappa shape index (κ2) is 4.02. The number of aromatic nitrogens is 3. The lowest BCUT2D eigenvalue weighted by molar-refractivity contribution is -0.206. The number of aliphatic hydroxyl groups excluding tert-OH is 1. The standard InChI is InChI=1S/C9H9F3N4O2/c1-18-6-5-4(7(17)9(10,11)12)2-15-16(5)3-14-8(6)13/h2-3,7,17H,13H2,1H3. The summed E-state index contributed by atoms with van der Waals surface area (Å²) in [5.41, 5.74) is 5.00. The van der Waals surface area contributed by atoms with Gasteiger partial charge in [-0.2, -0.15) is 18.3 Å². The summed E-state index contributed by atoms with van der Waals surface area (Å²) in [7, 11) is 1.24. The minimum absolute atomic E-state index is 0.0603. The predicted molar refractivity (Wildman–Crippen MR) is 55.0 cm³/mol. The van der Waals surface area contributed by atoms with Crippen LogP contribution < -0.4 is 10.5 Å². The highest BCUT2D eigenvalue weighted by Gasteiger charge is 2.41. The number of anilines is 1. The van der Waals surface area contributed by atoms with E-state index in [0.29, 0.717) is 0 Å². The van der Waals surface area contributed by atoms with Crippen LogP contribution in [0, 0.1) is 0 Å². The molecule has 2 aromatic heterocycles. The number of fused-ring (bicyclic) bond motifs is 1. The molecule has 2 heterocycles. The summed E-state index contributed by atoms with van der Waals surface area (Å²) in [6, 6.07) is 0. The second-order valence-corrected chi connectivity index (χ2v) is 3.50. The van der Waals surface area contributed by atoms with E-state index in [-0.39, 0.29) is 17.1 Å². The van der Waals surface area contributed by atoms with E-state index >= 15 is 0 Å². The van der Waals surface area contributed by atoms with Gasteiger partial charge in [0, 0.05) is 5.56 Å². The van der Waals surface area contributed by atoms with Crippen molar-refractivity contribution in [2.75, 3.05) is 12.8 Å². The molecule has 0 fully saturated rings. The first-order chi connectivity index (χ1) is 8.36. The number of aliphatic hydroxyl groups is 1. The van der Waals surface area contributed by atoms with Crippen LogP contribution in [0.4, 0.5) is 19.0 Å². The lowest BCUT2D eigenvalue weighted by Crippen LogP contribution is -2.20. The molecular formula is C9H9F3N4O2. The number of halogens is 3. The maximum atomic E-state index is 12.5. The third kappa shape index (κ3) is 1.82. The first-order valence-electron chi connectivity index (χ1n) is 4.76. The molecule has 1 unspecified atom stereocenters. The summed E-state index contributed by atoms with van der Waals surface area (Å²) in [5.74, 6) is -0.144. The molecule has 2 aromatic rings. The highest BCUT2D eigenvalue weighted by Crippen LogP contribution is 2.38. The van der Waals surface area contributed by atoms with Gasteiger partial charge in [-0.3, -0.25) is 0 Å². The Morgan fingerprint density at radius 1 is 1.50 bits per heavy atom. The quantitative estimate of drug-likeness (QED) is 0.840. The Balaban J connectivity index is 2.70. The summed E-state index contributed by atoms with van der Waals surface area (Å²) in [6.45, 7) is 0. The van der Waals surface area contributed by atoms with Crippen LogP contribution in [0.25, 0.3) is 5.52 Å². The molecule has 0 aliphatic carbocycles. The molecule has 18 heavy (non-hydrogen) atoms. The van der Waals surface area contributed by atoms with Crippen LogP contribution in [-0.2, 0) is 0 Å². The average molecular weight is 262 g/mol. The van der Waals surface area contributed by atoms with Crippen molar-refractivity contribution < 1.29 is 23.0 Å². The Morgan fingerprint density at radius 2 is 2.17 bits per heavy atom. The van der Waals surface area contributed by atoms with Gasteiger partial charge in [0.1, 0.15) is 11.8 Å². The molecule has 0 bridgehead atoms. The summed E-state index contributed by atoms with van der Waals surface area (Å²) in [6.07, 6.45) is -5.42. The molecule has 0 saturated carbocycles. The molecule has 0 aliphatic rings. The van der Waals surface area contributed by atoms with Crippen molar-refractivity contribution in [1.82, 2.24) is 14.6 Å². The summed E-state index contributed by atoms with van der Waals surface area (Å²) in [5, 5.41) is 12.9. The van der Waals surface area contributed by atoms with Crippen molar-refractivity contribution in [2.45, 2.75) is 12.3 Å². The Morgan fingerprint density at radius 3 is 2.72 bits per heavy atom. The number of alkyl halides is 3. The number of nitrogens with zero attached hydrogens (tertiary/aromatic N) is 3. The van der Waals surface area contributed by atoms with E-state index in [1.54, 1.807) is 0 Å². The first kappa shape index (κ1) is 12.4. The van der Waals surface area contributed by atoms with E-state index in [9.17, 15) is 18.3 Å². The van der Waals surface area contributed by atoms with Crippen LogP contribution in [0.5, 0.6) is 5.75 Å². The van der Waals surface area contributed by atoms with Crippen LogP contribution in [-0.4, -0.2) is 33.0 Å². The molecule has 0 saturated heterocycles. The summed E-state index contributed by atoms with van der Waals surface area (Å²) in [4.78, 5) is 3.70. The Bertz CT molecular complexity index is 581. The summed E-state index contributed by atoms with van der Waals surface area (Å²) >= 11 is 0. The largest absolute Gasteiger partial charge is 0.491 e. The maximum Gasteiger partial charge on any atom is 0.418 e. The van der Waals surface area contributed by atoms with Gasteiger partial charge in [-0.1, -0.05) is 0 Å². The molecule has 0 aromatic carbocycles.